The van der Waals surface area contributed by atoms with Crippen LogP contribution in [0.5, 0.6) is 5.75 Å². The van der Waals surface area contributed by atoms with Gasteiger partial charge in [0.15, 0.2) is 0 Å². The van der Waals surface area contributed by atoms with Crippen LogP contribution in [-0.4, -0.2) is 30.0 Å². The Hall–Kier alpha value is -2.70. The maximum atomic E-state index is 9.33. The molecular formula is C11H9N5O2. The normalized spacial score (nSPS) is 10.7. The Morgan fingerprint density at radius 3 is 2.94 bits per heavy atom. The monoisotopic (exact) mass is 243 g/mol. The first-order valence-corrected chi connectivity index (χ1v) is 5.20. The third-order valence-corrected chi connectivity index (χ3v) is 2.34. The van der Waals surface area contributed by atoms with Crippen LogP contribution in [-0.2, 0) is 7.05 Å². The molecule has 0 atom stereocenters. The van der Waals surface area contributed by atoms with E-state index in [1.54, 1.807) is 16.9 Å². The second-order valence-electron chi connectivity index (χ2n) is 3.73. The third kappa shape index (κ3) is 1.81. The van der Waals surface area contributed by atoms with Crippen LogP contribution in [0.4, 0.5) is 0 Å². The third-order valence-electron chi connectivity index (χ3n) is 2.34. The van der Waals surface area contributed by atoms with Gasteiger partial charge in [0.1, 0.15) is 11.4 Å². The number of aromatic hydroxyl groups is 1. The molecule has 3 aromatic rings. The molecule has 3 aromatic heterocycles. The van der Waals surface area contributed by atoms with Gasteiger partial charge in [-0.2, -0.15) is 10.1 Å². The second kappa shape index (κ2) is 3.95. The van der Waals surface area contributed by atoms with E-state index in [0.29, 0.717) is 23.0 Å². The summed E-state index contributed by atoms with van der Waals surface area (Å²) < 4.78 is 6.76. The minimum absolute atomic E-state index is 0.0464. The first-order chi connectivity index (χ1) is 8.72. The van der Waals surface area contributed by atoms with Crippen molar-refractivity contribution in [2.24, 2.45) is 7.05 Å². The van der Waals surface area contributed by atoms with Crippen LogP contribution in [0, 0.1) is 0 Å². The van der Waals surface area contributed by atoms with Crippen molar-refractivity contribution in [2.45, 2.75) is 0 Å². The summed E-state index contributed by atoms with van der Waals surface area (Å²) in [6, 6.07) is 3.29. The molecule has 0 radical (unpaired) electrons. The molecule has 18 heavy (non-hydrogen) atoms. The number of hydrogen-bond donors (Lipinski definition) is 1. The van der Waals surface area contributed by atoms with E-state index in [-0.39, 0.29) is 5.75 Å². The molecule has 0 saturated heterocycles. The highest BCUT2D eigenvalue weighted by atomic mass is 16.5. The van der Waals surface area contributed by atoms with Gasteiger partial charge < -0.3 is 9.63 Å². The Morgan fingerprint density at radius 1 is 1.33 bits per heavy atom. The molecule has 7 nitrogen and oxygen atoms in total. The topological polar surface area (TPSA) is 89.9 Å². The minimum atomic E-state index is 0.0464. The highest BCUT2D eigenvalue weighted by molar-refractivity contribution is 5.57. The lowest BCUT2D eigenvalue weighted by atomic mass is 10.3. The van der Waals surface area contributed by atoms with Gasteiger partial charge in [0.2, 0.25) is 5.82 Å². The summed E-state index contributed by atoms with van der Waals surface area (Å²) in [5, 5.41) is 17.3. The average Bonchev–Trinajstić information content (AvgIpc) is 2.97. The van der Waals surface area contributed by atoms with E-state index in [9.17, 15) is 5.11 Å². The molecule has 7 heteroatoms. The first-order valence-electron chi connectivity index (χ1n) is 5.20. The van der Waals surface area contributed by atoms with Crippen LogP contribution in [0.25, 0.3) is 23.0 Å². The Balaban J connectivity index is 1.99. The zero-order chi connectivity index (χ0) is 12.5. The molecule has 3 heterocycles. The van der Waals surface area contributed by atoms with E-state index in [0.717, 1.165) is 0 Å². The molecule has 0 unspecified atom stereocenters. The lowest BCUT2D eigenvalue weighted by molar-refractivity contribution is 0.430. The maximum absolute atomic E-state index is 9.33. The quantitative estimate of drug-likeness (QED) is 0.728. The fourth-order valence-corrected chi connectivity index (χ4v) is 1.52. The molecule has 1 N–H and O–H groups in total. The zero-order valence-electron chi connectivity index (χ0n) is 9.48. The van der Waals surface area contributed by atoms with Gasteiger partial charge in [-0.05, 0) is 12.1 Å². The van der Waals surface area contributed by atoms with Crippen molar-refractivity contribution in [1.82, 2.24) is 24.9 Å². The number of aromatic nitrogens is 5. The van der Waals surface area contributed by atoms with E-state index < -0.39 is 0 Å². The van der Waals surface area contributed by atoms with Crippen LogP contribution in [0.3, 0.4) is 0 Å². The van der Waals surface area contributed by atoms with Crippen molar-refractivity contribution in [1.29, 1.82) is 0 Å². The van der Waals surface area contributed by atoms with Crippen LogP contribution in [0.2, 0.25) is 0 Å². The van der Waals surface area contributed by atoms with Gasteiger partial charge >= 0.3 is 0 Å². The predicted octanol–water partition coefficient (Wildman–Crippen LogP) is 1.24. The standard InChI is InChI=1S/C11H9N5O2/c1-16-3-2-9(14-16)10-13-11(18-15-10)7-4-8(17)6-12-5-7/h2-6,17H,1H3. The number of nitrogens with zero attached hydrogens (tertiary/aromatic N) is 5. The molecule has 0 aromatic carbocycles. The van der Waals surface area contributed by atoms with Crippen molar-refractivity contribution < 1.29 is 9.63 Å². The molecule has 3 rings (SSSR count). The summed E-state index contributed by atoms with van der Waals surface area (Å²) >= 11 is 0. The summed E-state index contributed by atoms with van der Waals surface area (Å²) in [7, 11) is 1.81. The van der Waals surface area contributed by atoms with Crippen LogP contribution in [0.15, 0.2) is 35.2 Å². The van der Waals surface area contributed by atoms with E-state index in [4.69, 9.17) is 4.52 Å². The Morgan fingerprint density at radius 2 is 2.22 bits per heavy atom. The fourth-order valence-electron chi connectivity index (χ4n) is 1.52. The van der Waals surface area contributed by atoms with Crippen molar-refractivity contribution in [3.8, 4) is 28.7 Å². The molecule has 0 aliphatic carbocycles. The zero-order valence-corrected chi connectivity index (χ0v) is 9.48. The van der Waals surface area contributed by atoms with Crippen LogP contribution >= 0.6 is 0 Å². The highest BCUT2D eigenvalue weighted by Gasteiger charge is 2.13. The van der Waals surface area contributed by atoms with Crippen LogP contribution < -0.4 is 0 Å². The highest BCUT2D eigenvalue weighted by Crippen LogP contribution is 2.22. The lowest BCUT2D eigenvalue weighted by Crippen LogP contribution is -1.88. The van der Waals surface area contributed by atoms with E-state index in [2.05, 4.69) is 20.2 Å². The van der Waals surface area contributed by atoms with Gasteiger partial charge in [0.25, 0.3) is 5.89 Å². The van der Waals surface area contributed by atoms with Gasteiger partial charge in [-0.25, -0.2) is 0 Å². The van der Waals surface area contributed by atoms with Gasteiger partial charge in [-0.1, -0.05) is 5.16 Å². The lowest BCUT2D eigenvalue weighted by Gasteiger charge is -1.93. The number of pyridine rings is 1. The fraction of sp³-hybridized carbons (Fsp3) is 0.0909. The number of hydrogen-bond acceptors (Lipinski definition) is 6. The van der Waals surface area contributed by atoms with Crippen molar-refractivity contribution >= 4 is 0 Å². The summed E-state index contributed by atoms with van der Waals surface area (Å²) in [5.74, 6) is 0.734. The summed E-state index contributed by atoms with van der Waals surface area (Å²) in [5.41, 5.74) is 1.19. The van der Waals surface area contributed by atoms with Gasteiger partial charge in [-0.15, -0.1) is 0 Å². The summed E-state index contributed by atoms with van der Waals surface area (Å²) in [6.07, 6.45) is 4.66. The van der Waals surface area contributed by atoms with E-state index >= 15 is 0 Å². The summed E-state index contributed by atoms with van der Waals surface area (Å²) in [4.78, 5) is 8.05. The van der Waals surface area contributed by atoms with Crippen molar-refractivity contribution in [3.63, 3.8) is 0 Å². The van der Waals surface area contributed by atoms with Crippen LogP contribution in [0.1, 0.15) is 0 Å². The Bertz CT molecular complexity index is 688. The molecule has 0 spiro atoms. The smallest absolute Gasteiger partial charge is 0.259 e. The van der Waals surface area contributed by atoms with Gasteiger partial charge in [-0.3, -0.25) is 9.67 Å². The largest absolute Gasteiger partial charge is 0.506 e. The van der Waals surface area contributed by atoms with E-state index in [1.165, 1.54) is 18.5 Å². The van der Waals surface area contributed by atoms with E-state index in [1.807, 2.05) is 7.05 Å². The molecule has 0 aliphatic heterocycles. The Kier molecular flexibility index (Phi) is 2.30. The molecule has 0 aliphatic rings. The minimum Gasteiger partial charge on any atom is -0.506 e. The SMILES string of the molecule is Cn1ccc(-c2noc(-c3cncc(O)c3)n2)n1. The molecule has 90 valence electrons. The van der Waals surface area contributed by atoms with Gasteiger partial charge in [0.05, 0.1) is 11.8 Å². The molecule has 0 fully saturated rings. The number of aryl methyl sites for hydroxylation is 1. The molecular weight excluding hydrogens is 234 g/mol. The maximum Gasteiger partial charge on any atom is 0.259 e. The van der Waals surface area contributed by atoms with Crippen molar-refractivity contribution in [3.05, 3.63) is 30.7 Å². The number of rotatable bonds is 2. The molecule has 0 bridgehead atoms. The average molecular weight is 243 g/mol. The van der Waals surface area contributed by atoms with Gasteiger partial charge in [0, 0.05) is 19.4 Å². The Labute approximate surface area is 102 Å². The predicted molar refractivity (Wildman–Crippen MR) is 61.4 cm³/mol. The second-order valence-corrected chi connectivity index (χ2v) is 3.73. The summed E-state index contributed by atoms with van der Waals surface area (Å²) in [6.45, 7) is 0. The molecule has 0 saturated carbocycles. The first kappa shape index (κ1) is 10.5. The molecule has 0 amide bonds. The van der Waals surface area contributed by atoms with Crippen molar-refractivity contribution in [2.75, 3.05) is 0 Å².